The third kappa shape index (κ3) is 3.80. The SMILES string of the molecule is CC(C)Cc1nnc(NC(=O)c2ccoc2CN2c3ccccc3CC2C)s1. The van der Waals surface area contributed by atoms with Gasteiger partial charge in [0.25, 0.3) is 5.91 Å². The van der Waals surface area contributed by atoms with Gasteiger partial charge in [0.2, 0.25) is 5.13 Å². The third-order valence-corrected chi connectivity index (χ3v) is 5.78. The van der Waals surface area contributed by atoms with Gasteiger partial charge < -0.3 is 9.32 Å². The highest BCUT2D eigenvalue weighted by Gasteiger charge is 2.28. The van der Waals surface area contributed by atoms with E-state index in [-0.39, 0.29) is 5.91 Å². The average Bonchev–Trinajstić information content (AvgIpc) is 3.35. The van der Waals surface area contributed by atoms with Crippen LogP contribution >= 0.6 is 11.3 Å². The zero-order valence-electron chi connectivity index (χ0n) is 16.3. The van der Waals surface area contributed by atoms with E-state index in [2.05, 4.69) is 59.4 Å². The first-order valence-corrected chi connectivity index (χ1v) is 10.4. The van der Waals surface area contributed by atoms with E-state index in [9.17, 15) is 4.79 Å². The molecule has 0 fully saturated rings. The van der Waals surface area contributed by atoms with Crippen LogP contribution < -0.4 is 10.2 Å². The van der Waals surface area contributed by atoms with Crippen molar-refractivity contribution in [2.24, 2.45) is 5.92 Å². The van der Waals surface area contributed by atoms with E-state index in [0.717, 1.165) is 17.8 Å². The minimum absolute atomic E-state index is 0.212. The van der Waals surface area contributed by atoms with Crippen molar-refractivity contribution in [3.05, 3.63) is 58.5 Å². The predicted octanol–water partition coefficient (Wildman–Crippen LogP) is 4.53. The molecule has 3 heterocycles. The van der Waals surface area contributed by atoms with Gasteiger partial charge in [0, 0.05) is 18.2 Å². The largest absolute Gasteiger partial charge is 0.467 e. The maximum Gasteiger partial charge on any atom is 0.261 e. The smallest absolute Gasteiger partial charge is 0.261 e. The van der Waals surface area contributed by atoms with E-state index in [1.165, 1.54) is 22.6 Å². The normalized spacial score (nSPS) is 15.9. The Balaban J connectivity index is 1.48. The Morgan fingerprint density at radius 1 is 1.32 bits per heavy atom. The van der Waals surface area contributed by atoms with Crippen LogP contribution in [0.4, 0.5) is 10.8 Å². The first-order chi connectivity index (χ1) is 13.5. The topological polar surface area (TPSA) is 71.3 Å². The summed E-state index contributed by atoms with van der Waals surface area (Å²) in [5, 5.41) is 12.6. The van der Waals surface area contributed by atoms with Crippen LogP contribution in [0, 0.1) is 5.92 Å². The molecule has 1 amide bonds. The van der Waals surface area contributed by atoms with Crippen molar-refractivity contribution in [2.45, 2.75) is 46.2 Å². The molecule has 1 aromatic carbocycles. The summed E-state index contributed by atoms with van der Waals surface area (Å²) in [6.07, 6.45) is 3.43. The Kier molecular flexibility index (Phi) is 5.17. The van der Waals surface area contributed by atoms with Gasteiger partial charge in [-0.15, -0.1) is 10.2 Å². The number of fused-ring (bicyclic) bond motifs is 1. The molecule has 0 radical (unpaired) electrons. The highest BCUT2D eigenvalue weighted by Crippen LogP contribution is 2.33. The lowest BCUT2D eigenvalue weighted by Gasteiger charge is -2.24. The molecule has 0 aliphatic carbocycles. The summed E-state index contributed by atoms with van der Waals surface area (Å²) < 4.78 is 5.67. The van der Waals surface area contributed by atoms with E-state index >= 15 is 0 Å². The molecule has 1 N–H and O–H groups in total. The first-order valence-electron chi connectivity index (χ1n) is 9.56. The Morgan fingerprint density at radius 3 is 2.96 bits per heavy atom. The van der Waals surface area contributed by atoms with Gasteiger partial charge in [-0.05, 0) is 37.0 Å². The Morgan fingerprint density at radius 2 is 2.14 bits per heavy atom. The molecule has 6 nitrogen and oxygen atoms in total. The van der Waals surface area contributed by atoms with Gasteiger partial charge in [0.15, 0.2) is 0 Å². The fourth-order valence-corrected chi connectivity index (χ4v) is 4.54. The molecule has 28 heavy (non-hydrogen) atoms. The fourth-order valence-electron chi connectivity index (χ4n) is 3.59. The second-order valence-corrected chi connectivity index (χ2v) is 8.68. The van der Waals surface area contributed by atoms with Gasteiger partial charge in [-0.2, -0.15) is 0 Å². The predicted molar refractivity (Wildman–Crippen MR) is 111 cm³/mol. The number of amides is 1. The van der Waals surface area contributed by atoms with Crippen LogP contribution in [0.3, 0.4) is 0 Å². The molecule has 7 heteroatoms. The summed E-state index contributed by atoms with van der Waals surface area (Å²) in [5.41, 5.74) is 3.08. The second kappa shape index (κ2) is 7.75. The molecule has 4 rings (SSSR count). The molecule has 146 valence electrons. The standard InChI is InChI=1S/C21H24N4O2S/c1-13(2)10-19-23-24-21(28-19)22-20(26)16-8-9-27-18(16)12-25-14(3)11-15-6-4-5-7-17(15)25/h4-9,13-14H,10-12H2,1-3H3,(H,22,24,26). The number of hydrogen-bond acceptors (Lipinski definition) is 6. The molecular formula is C21H24N4O2S. The summed E-state index contributed by atoms with van der Waals surface area (Å²) in [5.74, 6) is 0.950. The molecular weight excluding hydrogens is 372 g/mol. The van der Waals surface area contributed by atoms with Gasteiger partial charge in [0.1, 0.15) is 10.8 Å². The monoisotopic (exact) mass is 396 g/mol. The molecule has 2 aromatic heterocycles. The molecule has 1 atom stereocenters. The maximum atomic E-state index is 12.8. The molecule has 1 aliphatic rings. The molecule has 0 spiro atoms. The second-order valence-electron chi connectivity index (χ2n) is 7.62. The van der Waals surface area contributed by atoms with E-state index in [0.29, 0.717) is 35.0 Å². The average molecular weight is 397 g/mol. The number of para-hydroxylation sites is 1. The number of nitrogens with zero attached hydrogens (tertiary/aromatic N) is 3. The van der Waals surface area contributed by atoms with Crippen molar-refractivity contribution < 1.29 is 9.21 Å². The lowest BCUT2D eigenvalue weighted by atomic mass is 10.1. The number of carbonyl (C=O) groups excluding carboxylic acids is 1. The van der Waals surface area contributed by atoms with Crippen LogP contribution in [-0.4, -0.2) is 22.1 Å². The Labute approximate surface area is 168 Å². The summed E-state index contributed by atoms with van der Waals surface area (Å²) in [6, 6.07) is 10.5. The lowest BCUT2D eigenvalue weighted by Crippen LogP contribution is -2.29. The third-order valence-electron chi connectivity index (χ3n) is 4.92. The molecule has 1 aliphatic heterocycles. The molecule has 3 aromatic rings. The van der Waals surface area contributed by atoms with Gasteiger partial charge in [0.05, 0.1) is 18.4 Å². The van der Waals surface area contributed by atoms with Gasteiger partial charge in [-0.3, -0.25) is 10.1 Å². The summed E-state index contributed by atoms with van der Waals surface area (Å²) >= 11 is 1.42. The van der Waals surface area contributed by atoms with E-state index in [1.54, 1.807) is 12.3 Å². The maximum absolute atomic E-state index is 12.8. The van der Waals surface area contributed by atoms with Crippen LogP contribution in [0.1, 0.15) is 47.5 Å². The van der Waals surface area contributed by atoms with Crippen molar-refractivity contribution in [3.8, 4) is 0 Å². The number of furan rings is 1. The van der Waals surface area contributed by atoms with Crippen LogP contribution in [0.2, 0.25) is 0 Å². The zero-order chi connectivity index (χ0) is 19.7. The first kappa shape index (κ1) is 18.7. The van der Waals surface area contributed by atoms with Crippen LogP contribution in [0.25, 0.3) is 0 Å². The minimum Gasteiger partial charge on any atom is -0.467 e. The molecule has 0 bridgehead atoms. The van der Waals surface area contributed by atoms with E-state index in [1.807, 2.05) is 6.07 Å². The number of rotatable bonds is 6. The Hall–Kier alpha value is -2.67. The minimum atomic E-state index is -0.212. The van der Waals surface area contributed by atoms with Crippen molar-refractivity contribution in [2.75, 3.05) is 10.2 Å². The van der Waals surface area contributed by atoms with Crippen LogP contribution in [0.15, 0.2) is 41.0 Å². The fraction of sp³-hybridized carbons (Fsp3) is 0.381. The van der Waals surface area contributed by atoms with Crippen LogP contribution in [0.5, 0.6) is 0 Å². The summed E-state index contributed by atoms with van der Waals surface area (Å²) in [7, 11) is 0. The number of anilines is 2. The molecule has 1 unspecified atom stereocenters. The van der Waals surface area contributed by atoms with Gasteiger partial charge in [-0.1, -0.05) is 43.4 Å². The highest BCUT2D eigenvalue weighted by molar-refractivity contribution is 7.15. The van der Waals surface area contributed by atoms with Crippen molar-refractivity contribution in [3.63, 3.8) is 0 Å². The van der Waals surface area contributed by atoms with Crippen molar-refractivity contribution >= 4 is 28.1 Å². The number of nitrogens with one attached hydrogen (secondary N) is 1. The molecule has 0 saturated carbocycles. The van der Waals surface area contributed by atoms with Crippen molar-refractivity contribution in [1.29, 1.82) is 0 Å². The number of hydrogen-bond donors (Lipinski definition) is 1. The lowest BCUT2D eigenvalue weighted by molar-refractivity contribution is 0.102. The van der Waals surface area contributed by atoms with Gasteiger partial charge in [-0.25, -0.2) is 0 Å². The quantitative estimate of drug-likeness (QED) is 0.663. The number of aromatic nitrogens is 2. The number of carbonyl (C=O) groups is 1. The van der Waals surface area contributed by atoms with E-state index in [4.69, 9.17) is 4.42 Å². The van der Waals surface area contributed by atoms with Gasteiger partial charge >= 0.3 is 0 Å². The van der Waals surface area contributed by atoms with Crippen LogP contribution in [-0.2, 0) is 19.4 Å². The number of benzene rings is 1. The summed E-state index contributed by atoms with van der Waals surface area (Å²) in [4.78, 5) is 15.1. The highest BCUT2D eigenvalue weighted by atomic mass is 32.1. The Bertz CT molecular complexity index is 978. The zero-order valence-corrected chi connectivity index (χ0v) is 17.1. The summed E-state index contributed by atoms with van der Waals surface area (Å²) in [6.45, 7) is 7.02. The van der Waals surface area contributed by atoms with E-state index < -0.39 is 0 Å². The van der Waals surface area contributed by atoms with Crippen molar-refractivity contribution in [1.82, 2.24) is 10.2 Å². The molecule has 0 saturated heterocycles.